The Morgan fingerprint density at radius 3 is 2.42 bits per heavy atom. The normalized spacial score (nSPS) is 48.2. The minimum atomic E-state index is -0.146. The van der Waals surface area contributed by atoms with Gasteiger partial charge in [0.1, 0.15) is 6.10 Å². The third kappa shape index (κ3) is 4.96. The van der Waals surface area contributed by atoms with Gasteiger partial charge in [-0.1, -0.05) is 34.6 Å². The lowest BCUT2D eigenvalue weighted by Gasteiger charge is -2.60. The Morgan fingerprint density at radius 1 is 0.956 bits per heavy atom. The van der Waals surface area contributed by atoms with Crippen molar-refractivity contribution in [2.75, 3.05) is 39.9 Å². The van der Waals surface area contributed by atoms with E-state index in [1.807, 2.05) is 4.90 Å². The van der Waals surface area contributed by atoms with Gasteiger partial charge in [0.15, 0.2) is 6.29 Å². The molecule has 0 aromatic heterocycles. The van der Waals surface area contributed by atoms with Crippen LogP contribution in [0, 0.1) is 51.2 Å². The number of carbonyl (C=O) groups excluding carboxylic acids is 1. The molecule has 3 heterocycles. The van der Waals surface area contributed by atoms with Crippen molar-refractivity contribution in [2.24, 2.45) is 51.2 Å². The molecule has 3 aliphatic heterocycles. The lowest BCUT2D eigenvalue weighted by Crippen LogP contribution is -2.56. The predicted molar refractivity (Wildman–Crippen MR) is 172 cm³/mol. The van der Waals surface area contributed by atoms with E-state index in [1.165, 1.54) is 57.8 Å². The second-order valence-corrected chi connectivity index (χ2v) is 17.4. The van der Waals surface area contributed by atoms with E-state index >= 15 is 0 Å². The zero-order valence-electron chi connectivity index (χ0n) is 29.0. The Bertz CT molecular complexity index is 1090. The first-order chi connectivity index (χ1) is 21.6. The van der Waals surface area contributed by atoms with Gasteiger partial charge in [-0.15, -0.1) is 0 Å². The maximum atomic E-state index is 12.8. The molecule has 256 valence electrons. The highest BCUT2D eigenvalue weighted by Crippen LogP contribution is 2.87. The summed E-state index contributed by atoms with van der Waals surface area (Å²) in [5.74, 6) is 3.30. The van der Waals surface area contributed by atoms with Crippen LogP contribution in [0.15, 0.2) is 0 Å². The molecule has 0 aromatic rings. The number of morpholine rings is 1. The summed E-state index contributed by atoms with van der Waals surface area (Å²) < 4.78 is 25.9. The van der Waals surface area contributed by atoms with Crippen LogP contribution < -0.4 is 5.32 Å². The summed E-state index contributed by atoms with van der Waals surface area (Å²) in [5, 5.41) is 10.5. The monoisotopic (exact) mass is 630 g/mol. The second kappa shape index (κ2) is 11.9. The summed E-state index contributed by atoms with van der Waals surface area (Å²) in [4.78, 5) is 14.6. The van der Waals surface area contributed by atoms with Crippen LogP contribution in [-0.2, 0) is 18.9 Å². The lowest BCUT2D eigenvalue weighted by molar-refractivity contribution is -0.232. The molecule has 2 N–H and O–H groups in total. The number of nitrogens with zero attached hydrogens (tertiary/aromatic N) is 1. The highest BCUT2D eigenvalue weighted by molar-refractivity contribution is 5.68. The van der Waals surface area contributed by atoms with Crippen molar-refractivity contribution in [3.8, 4) is 0 Å². The first-order valence-corrected chi connectivity index (χ1v) is 18.6. The molecule has 3 saturated heterocycles. The number of likely N-dealkylation sites (tertiary alicyclic amines) is 1. The topological polar surface area (TPSA) is 89.5 Å². The van der Waals surface area contributed by atoms with Crippen LogP contribution in [0.1, 0.15) is 105 Å². The molecule has 8 fully saturated rings. The maximum Gasteiger partial charge on any atom is 0.410 e. The third-order valence-electron chi connectivity index (χ3n) is 15.1. The Labute approximate surface area is 272 Å². The Kier molecular flexibility index (Phi) is 8.62. The average molecular weight is 631 g/mol. The van der Waals surface area contributed by atoms with Crippen molar-refractivity contribution in [1.29, 1.82) is 0 Å². The summed E-state index contributed by atoms with van der Waals surface area (Å²) in [6.45, 7) is 16.3. The highest BCUT2D eigenvalue weighted by Gasteiger charge is 2.80. The van der Waals surface area contributed by atoms with Crippen LogP contribution in [0.2, 0.25) is 0 Å². The molecule has 0 radical (unpaired) electrons. The fourth-order valence-electron chi connectivity index (χ4n) is 12.9. The molecule has 6 unspecified atom stereocenters. The molecule has 1 amide bonds. The number of ether oxygens (including phenoxy) is 4. The minimum absolute atomic E-state index is 0.0339. The van der Waals surface area contributed by atoms with E-state index in [4.69, 9.17) is 24.1 Å². The van der Waals surface area contributed by atoms with Gasteiger partial charge in [-0.05, 0) is 122 Å². The van der Waals surface area contributed by atoms with E-state index in [9.17, 15) is 4.79 Å². The smallest absolute Gasteiger partial charge is 0.410 e. The molecular weight excluding hydrogens is 568 g/mol. The Balaban J connectivity index is 0.00000160. The number of fused-ring (bicyclic) bond motifs is 4. The number of rotatable bonds is 5. The Hall–Kier alpha value is -0.930. The molecular formula is C37H62N2O6. The number of hydrogen-bond acceptors (Lipinski definition) is 7. The molecule has 0 bridgehead atoms. The lowest BCUT2D eigenvalue weighted by atomic mass is 9.46. The molecule has 5 saturated carbocycles. The minimum Gasteiger partial charge on any atom is -0.443 e. The van der Waals surface area contributed by atoms with Crippen molar-refractivity contribution in [1.82, 2.24) is 10.2 Å². The van der Waals surface area contributed by atoms with Gasteiger partial charge in [0.25, 0.3) is 0 Å². The molecule has 2 spiro atoms. The average Bonchev–Trinajstić information content (AvgIpc) is 3.57. The Morgan fingerprint density at radius 2 is 1.73 bits per heavy atom. The number of aliphatic hydroxyl groups is 1. The van der Waals surface area contributed by atoms with Crippen LogP contribution >= 0.6 is 0 Å². The summed E-state index contributed by atoms with van der Waals surface area (Å²) in [7, 11) is 1.00. The molecule has 0 aromatic carbocycles. The largest absolute Gasteiger partial charge is 0.443 e. The van der Waals surface area contributed by atoms with Crippen LogP contribution in [0.3, 0.4) is 0 Å². The fourth-order valence-corrected chi connectivity index (χ4v) is 12.9. The SMILES string of the molecule is CC(C)[C@@H](OC(=O)N1CCC1)C1CC[C@H]2C(CC3C4CC[C@H]5C(C)(C)[C@@H](OC6CNCCO6)CCC56C[C@@]46CC[C@@]32C)O1.CO. The summed E-state index contributed by atoms with van der Waals surface area (Å²) in [6.07, 6.45) is 14.4. The van der Waals surface area contributed by atoms with Crippen molar-refractivity contribution in [2.45, 2.75) is 136 Å². The van der Waals surface area contributed by atoms with E-state index in [0.717, 1.165) is 70.5 Å². The standard InChI is InChI=1S/C36H58N2O5.CH4O/c1-22(2)31(43-32(39)38-16-6-17-38)26-9-7-24-27(41-26)19-25-23-8-10-28-33(3,4)29(42-30-20-37-15-18-40-30)11-12-36(28)21-35(23,36)14-13-34(24,25)5;1-2/h22-31,37H,6-21H2,1-5H3;2H,1H3/t23?,24-,25?,26?,27?,28-,29-,30?,31+,34+,35-,36?;/m0./s1. The number of amides is 1. The first kappa shape index (κ1) is 32.6. The van der Waals surface area contributed by atoms with Crippen LogP contribution in [-0.4, -0.2) is 86.7 Å². The van der Waals surface area contributed by atoms with E-state index in [1.54, 1.807) is 0 Å². The molecule has 8 aliphatic rings. The van der Waals surface area contributed by atoms with Gasteiger partial charge < -0.3 is 34.3 Å². The third-order valence-corrected chi connectivity index (χ3v) is 15.1. The van der Waals surface area contributed by atoms with Crippen LogP contribution in [0.5, 0.6) is 0 Å². The van der Waals surface area contributed by atoms with Gasteiger partial charge in [-0.25, -0.2) is 4.79 Å². The van der Waals surface area contributed by atoms with Gasteiger partial charge in [0, 0.05) is 33.3 Å². The molecule has 45 heavy (non-hydrogen) atoms. The van der Waals surface area contributed by atoms with Crippen molar-refractivity contribution in [3.63, 3.8) is 0 Å². The number of hydrogen-bond donors (Lipinski definition) is 2. The quantitative estimate of drug-likeness (QED) is 0.385. The highest BCUT2D eigenvalue weighted by atomic mass is 16.7. The summed E-state index contributed by atoms with van der Waals surface area (Å²) in [5.41, 5.74) is 1.65. The van der Waals surface area contributed by atoms with E-state index in [0.29, 0.717) is 34.4 Å². The van der Waals surface area contributed by atoms with Gasteiger partial charge in [-0.3, -0.25) is 0 Å². The van der Waals surface area contributed by atoms with Gasteiger partial charge in [0.05, 0.1) is 24.9 Å². The van der Waals surface area contributed by atoms with Crippen molar-refractivity contribution < 1.29 is 28.8 Å². The molecule has 5 aliphatic carbocycles. The second-order valence-electron chi connectivity index (χ2n) is 17.4. The summed E-state index contributed by atoms with van der Waals surface area (Å²) in [6, 6.07) is 0. The molecule has 12 atom stereocenters. The zero-order valence-corrected chi connectivity index (χ0v) is 29.0. The number of nitrogens with one attached hydrogen (secondary N) is 1. The number of aliphatic hydroxyl groups excluding tert-OH is 1. The maximum absolute atomic E-state index is 12.8. The first-order valence-electron chi connectivity index (χ1n) is 18.6. The van der Waals surface area contributed by atoms with Gasteiger partial charge >= 0.3 is 6.09 Å². The van der Waals surface area contributed by atoms with Crippen molar-refractivity contribution >= 4 is 6.09 Å². The van der Waals surface area contributed by atoms with Gasteiger partial charge in [-0.2, -0.15) is 0 Å². The zero-order chi connectivity index (χ0) is 31.8. The van der Waals surface area contributed by atoms with E-state index in [-0.39, 0.29) is 35.9 Å². The number of carbonyl (C=O) groups is 1. The van der Waals surface area contributed by atoms with E-state index < -0.39 is 0 Å². The molecule has 8 heteroatoms. The predicted octanol–water partition coefficient (Wildman–Crippen LogP) is 6.00. The summed E-state index contributed by atoms with van der Waals surface area (Å²) >= 11 is 0. The van der Waals surface area contributed by atoms with Crippen LogP contribution in [0.4, 0.5) is 4.79 Å². The molecule has 8 nitrogen and oxygen atoms in total. The van der Waals surface area contributed by atoms with Gasteiger partial charge in [0.2, 0.25) is 0 Å². The fraction of sp³-hybridized carbons (Fsp3) is 0.973. The van der Waals surface area contributed by atoms with Crippen molar-refractivity contribution in [3.05, 3.63) is 0 Å². The molecule has 8 rings (SSSR count). The van der Waals surface area contributed by atoms with E-state index in [2.05, 4.69) is 39.9 Å². The van der Waals surface area contributed by atoms with Crippen LogP contribution in [0.25, 0.3) is 0 Å².